The molecule has 140 valence electrons. The lowest BCUT2D eigenvalue weighted by molar-refractivity contribution is -0.126. The number of carbonyl (C=O) groups is 1. The van der Waals surface area contributed by atoms with E-state index in [1.165, 1.54) is 24.6 Å². The Balaban J connectivity index is 2.13. The summed E-state index contributed by atoms with van der Waals surface area (Å²) >= 11 is 0. The van der Waals surface area contributed by atoms with Crippen molar-refractivity contribution in [1.29, 1.82) is 0 Å². The number of hydrogen-bond donors (Lipinski definition) is 1. The first kappa shape index (κ1) is 19.5. The summed E-state index contributed by atoms with van der Waals surface area (Å²) in [4.78, 5) is 12.1. The molecule has 1 aliphatic rings. The minimum atomic E-state index is -3.71. The maximum atomic E-state index is 13.0. The molecule has 0 atom stereocenters. The van der Waals surface area contributed by atoms with E-state index in [1.54, 1.807) is 12.1 Å². The van der Waals surface area contributed by atoms with Gasteiger partial charge in [0.05, 0.1) is 14.2 Å². The average Bonchev–Trinajstić information content (AvgIpc) is 2.65. The number of nitrogens with zero attached hydrogens (tertiary/aromatic N) is 1. The number of piperidine rings is 1. The summed E-state index contributed by atoms with van der Waals surface area (Å²) in [7, 11) is -0.786. The molecule has 8 heteroatoms. The van der Waals surface area contributed by atoms with Crippen LogP contribution in [0.15, 0.2) is 23.1 Å². The smallest absolute Gasteiger partial charge is 0.246 e. The Morgan fingerprint density at radius 1 is 1.24 bits per heavy atom. The van der Waals surface area contributed by atoms with Crippen molar-refractivity contribution in [3.63, 3.8) is 0 Å². The summed E-state index contributed by atoms with van der Waals surface area (Å²) in [6, 6.07) is 4.70. The third-order valence-corrected chi connectivity index (χ3v) is 6.28. The fourth-order valence-corrected chi connectivity index (χ4v) is 4.52. The summed E-state index contributed by atoms with van der Waals surface area (Å²) in [5.74, 6) is 0.611. The summed E-state index contributed by atoms with van der Waals surface area (Å²) in [6.07, 6.45) is 1.91. The molecule has 0 radical (unpaired) electrons. The van der Waals surface area contributed by atoms with Gasteiger partial charge in [-0.1, -0.05) is 6.92 Å². The summed E-state index contributed by atoms with van der Waals surface area (Å²) < 4.78 is 37.7. The average molecular weight is 370 g/mol. The van der Waals surface area contributed by atoms with Crippen LogP contribution in [0.4, 0.5) is 0 Å². The van der Waals surface area contributed by atoms with Crippen molar-refractivity contribution in [2.24, 2.45) is 5.92 Å². The molecule has 25 heavy (non-hydrogen) atoms. The molecule has 0 spiro atoms. The molecular weight excluding hydrogens is 344 g/mol. The molecule has 0 saturated carbocycles. The Bertz CT molecular complexity index is 697. The second-order valence-electron chi connectivity index (χ2n) is 5.99. The number of nitrogens with one attached hydrogen (secondary N) is 1. The van der Waals surface area contributed by atoms with Crippen LogP contribution in [0.1, 0.15) is 26.2 Å². The van der Waals surface area contributed by atoms with Crippen molar-refractivity contribution in [3.8, 4) is 11.5 Å². The monoisotopic (exact) mass is 370 g/mol. The van der Waals surface area contributed by atoms with Gasteiger partial charge in [-0.05, 0) is 31.4 Å². The van der Waals surface area contributed by atoms with Gasteiger partial charge in [-0.25, -0.2) is 8.42 Å². The SMILES string of the molecule is CCCNC(=O)C1CCN(S(=O)(=O)c2cc(OC)ccc2OC)CC1. The van der Waals surface area contributed by atoms with Gasteiger partial charge in [-0.3, -0.25) is 4.79 Å². The Labute approximate surface area is 149 Å². The summed E-state index contributed by atoms with van der Waals surface area (Å²) in [5, 5.41) is 2.88. The number of ether oxygens (including phenoxy) is 2. The van der Waals surface area contributed by atoms with Crippen molar-refractivity contribution in [2.75, 3.05) is 33.9 Å². The number of sulfonamides is 1. The topological polar surface area (TPSA) is 84.9 Å². The van der Waals surface area contributed by atoms with Gasteiger partial charge in [0.2, 0.25) is 15.9 Å². The van der Waals surface area contributed by atoms with E-state index in [1.807, 2.05) is 6.92 Å². The third-order valence-electron chi connectivity index (χ3n) is 4.36. The third kappa shape index (κ3) is 4.43. The molecule has 0 bridgehead atoms. The van der Waals surface area contributed by atoms with Crippen LogP contribution in [0.3, 0.4) is 0 Å². The van der Waals surface area contributed by atoms with Crippen LogP contribution in [0.2, 0.25) is 0 Å². The van der Waals surface area contributed by atoms with Gasteiger partial charge in [0.25, 0.3) is 0 Å². The predicted molar refractivity (Wildman–Crippen MR) is 94.3 cm³/mol. The van der Waals surface area contributed by atoms with Crippen LogP contribution in [0, 0.1) is 5.92 Å². The van der Waals surface area contributed by atoms with E-state index in [-0.39, 0.29) is 22.5 Å². The number of hydrogen-bond acceptors (Lipinski definition) is 5. The number of carbonyl (C=O) groups excluding carboxylic acids is 1. The molecule has 1 N–H and O–H groups in total. The van der Waals surface area contributed by atoms with Crippen molar-refractivity contribution >= 4 is 15.9 Å². The molecule has 1 aliphatic heterocycles. The van der Waals surface area contributed by atoms with Crippen LogP contribution in [-0.4, -0.2) is 52.5 Å². The maximum absolute atomic E-state index is 13.0. The molecule has 1 amide bonds. The number of amides is 1. The summed E-state index contributed by atoms with van der Waals surface area (Å²) in [5.41, 5.74) is 0. The quantitative estimate of drug-likeness (QED) is 0.789. The zero-order valence-corrected chi connectivity index (χ0v) is 15.8. The first-order chi connectivity index (χ1) is 11.9. The highest BCUT2D eigenvalue weighted by molar-refractivity contribution is 7.89. The van der Waals surface area contributed by atoms with Gasteiger partial charge in [0, 0.05) is 31.6 Å². The lowest BCUT2D eigenvalue weighted by Crippen LogP contribution is -2.43. The Hall–Kier alpha value is -1.80. The fourth-order valence-electron chi connectivity index (χ4n) is 2.88. The van der Waals surface area contributed by atoms with Crippen LogP contribution >= 0.6 is 0 Å². The van der Waals surface area contributed by atoms with E-state index in [0.29, 0.717) is 38.2 Å². The summed E-state index contributed by atoms with van der Waals surface area (Å²) in [6.45, 7) is 3.27. The van der Waals surface area contributed by atoms with Gasteiger partial charge >= 0.3 is 0 Å². The van der Waals surface area contributed by atoms with E-state index in [0.717, 1.165) is 6.42 Å². The molecule has 2 rings (SSSR count). The van der Waals surface area contributed by atoms with Gasteiger partial charge in [0.1, 0.15) is 16.4 Å². The highest BCUT2D eigenvalue weighted by Crippen LogP contribution is 2.32. The predicted octanol–water partition coefficient (Wildman–Crippen LogP) is 1.63. The second-order valence-corrected chi connectivity index (χ2v) is 7.89. The lowest BCUT2D eigenvalue weighted by atomic mass is 9.97. The minimum Gasteiger partial charge on any atom is -0.497 e. The molecule has 1 aromatic rings. The molecule has 1 heterocycles. The highest BCUT2D eigenvalue weighted by atomic mass is 32.2. The molecule has 0 aromatic heterocycles. The molecule has 0 aliphatic carbocycles. The van der Waals surface area contributed by atoms with Gasteiger partial charge in [0.15, 0.2) is 0 Å². The Morgan fingerprint density at radius 3 is 2.48 bits per heavy atom. The van der Waals surface area contributed by atoms with Crippen molar-refractivity contribution in [1.82, 2.24) is 9.62 Å². The van der Waals surface area contributed by atoms with Crippen molar-refractivity contribution in [3.05, 3.63) is 18.2 Å². The zero-order valence-electron chi connectivity index (χ0n) is 14.9. The Morgan fingerprint density at radius 2 is 1.92 bits per heavy atom. The molecule has 0 unspecified atom stereocenters. The molecular formula is C17H26N2O5S. The van der Waals surface area contributed by atoms with Gasteiger partial charge in [-0.2, -0.15) is 4.31 Å². The number of methoxy groups -OCH3 is 2. The number of rotatable bonds is 7. The first-order valence-corrected chi connectivity index (χ1v) is 9.88. The second kappa shape index (κ2) is 8.53. The first-order valence-electron chi connectivity index (χ1n) is 8.44. The van der Waals surface area contributed by atoms with Crippen LogP contribution in [0.25, 0.3) is 0 Å². The Kier molecular flexibility index (Phi) is 6.66. The zero-order chi connectivity index (χ0) is 18.4. The number of benzene rings is 1. The van der Waals surface area contributed by atoms with E-state index in [2.05, 4.69) is 5.32 Å². The van der Waals surface area contributed by atoms with Crippen molar-refractivity contribution < 1.29 is 22.7 Å². The van der Waals surface area contributed by atoms with E-state index >= 15 is 0 Å². The fraction of sp³-hybridized carbons (Fsp3) is 0.588. The van der Waals surface area contributed by atoms with E-state index in [4.69, 9.17) is 9.47 Å². The maximum Gasteiger partial charge on any atom is 0.246 e. The van der Waals surface area contributed by atoms with E-state index in [9.17, 15) is 13.2 Å². The molecule has 7 nitrogen and oxygen atoms in total. The normalized spacial score (nSPS) is 16.4. The molecule has 1 saturated heterocycles. The van der Waals surface area contributed by atoms with E-state index < -0.39 is 10.0 Å². The molecule has 1 aromatic carbocycles. The van der Waals surface area contributed by atoms with Gasteiger partial charge < -0.3 is 14.8 Å². The van der Waals surface area contributed by atoms with Crippen LogP contribution in [-0.2, 0) is 14.8 Å². The molecule has 1 fully saturated rings. The van der Waals surface area contributed by atoms with Gasteiger partial charge in [-0.15, -0.1) is 0 Å². The standard InChI is InChI=1S/C17H26N2O5S/c1-4-9-18-17(20)13-7-10-19(11-8-13)25(21,22)16-12-14(23-2)5-6-15(16)24-3/h5-6,12-13H,4,7-11H2,1-3H3,(H,18,20). The van der Waals surface area contributed by atoms with Crippen LogP contribution in [0.5, 0.6) is 11.5 Å². The lowest BCUT2D eigenvalue weighted by Gasteiger charge is -2.31. The van der Waals surface area contributed by atoms with Crippen LogP contribution < -0.4 is 14.8 Å². The largest absolute Gasteiger partial charge is 0.497 e. The van der Waals surface area contributed by atoms with Crippen molar-refractivity contribution in [2.45, 2.75) is 31.1 Å². The highest BCUT2D eigenvalue weighted by Gasteiger charge is 2.33. The minimum absolute atomic E-state index is 0.0119.